The smallest absolute Gasteiger partial charge is 0.361 e. The highest BCUT2D eigenvalue weighted by atomic mass is 19.4. The minimum Gasteiger partial charge on any atom is -0.361 e. The topological polar surface area (TPSA) is 52.2 Å². The van der Waals surface area contributed by atoms with Crippen LogP contribution in [0, 0.1) is 0 Å². The fourth-order valence-electron chi connectivity index (χ4n) is 5.55. The number of aromatic nitrogens is 2. The average molecular weight is 589 g/mol. The fourth-order valence-corrected chi connectivity index (χ4v) is 5.55. The zero-order chi connectivity index (χ0) is 29.9. The number of carbonyl (C=O) groups is 1. The Hall–Kier alpha value is -3.86. The number of rotatable bonds is 8. The molecule has 1 saturated heterocycles. The number of piperazine rings is 1. The molecule has 1 aliphatic rings. The molecule has 1 amide bonds. The lowest BCUT2D eigenvalue weighted by atomic mass is 9.98. The number of aromatic amines is 1. The first kappa shape index (κ1) is 29.6. The summed E-state index contributed by atoms with van der Waals surface area (Å²) in [6, 6.07) is 14.0. The summed E-state index contributed by atoms with van der Waals surface area (Å²) in [7, 11) is 0. The molecule has 2 aromatic carbocycles. The van der Waals surface area contributed by atoms with Gasteiger partial charge >= 0.3 is 12.4 Å². The van der Waals surface area contributed by atoms with Gasteiger partial charge in [-0.25, -0.2) is 0 Å². The Balaban J connectivity index is 1.38. The lowest BCUT2D eigenvalue weighted by molar-refractivity contribution is -0.143. The van der Waals surface area contributed by atoms with E-state index in [1.54, 1.807) is 6.20 Å². The van der Waals surface area contributed by atoms with Gasteiger partial charge in [0.15, 0.2) is 0 Å². The molecule has 0 bridgehead atoms. The van der Waals surface area contributed by atoms with Gasteiger partial charge in [0.25, 0.3) is 5.91 Å². The molecule has 5 rings (SSSR count). The first-order valence-electron chi connectivity index (χ1n) is 13.8. The number of halogens is 6. The Labute approximate surface area is 239 Å². The van der Waals surface area contributed by atoms with Crippen molar-refractivity contribution in [1.29, 1.82) is 0 Å². The molecular formula is C31H30F6N4O. The summed E-state index contributed by atoms with van der Waals surface area (Å²) in [5.74, 6) is -0.841. The number of nitrogens with one attached hydrogen (secondary N) is 1. The molecule has 1 N–H and O–H groups in total. The molecule has 3 heterocycles. The number of H-pyrrole nitrogens is 1. The van der Waals surface area contributed by atoms with Crippen LogP contribution in [0.15, 0.2) is 73.1 Å². The Morgan fingerprint density at radius 2 is 1.62 bits per heavy atom. The van der Waals surface area contributed by atoms with E-state index in [0.29, 0.717) is 31.6 Å². The highest BCUT2D eigenvalue weighted by molar-refractivity contribution is 5.95. The number of hydrogen-bond acceptors (Lipinski definition) is 3. The zero-order valence-electron chi connectivity index (χ0n) is 22.7. The van der Waals surface area contributed by atoms with Crippen molar-refractivity contribution in [2.45, 2.75) is 44.1 Å². The summed E-state index contributed by atoms with van der Waals surface area (Å²) >= 11 is 0. The minimum absolute atomic E-state index is 0.0447. The minimum atomic E-state index is -5.03. The molecule has 4 aromatic rings. The van der Waals surface area contributed by atoms with Crippen molar-refractivity contribution in [3.05, 3.63) is 101 Å². The molecule has 42 heavy (non-hydrogen) atoms. The first-order chi connectivity index (χ1) is 20.0. The van der Waals surface area contributed by atoms with E-state index in [1.165, 1.54) is 4.90 Å². The predicted molar refractivity (Wildman–Crippen MR) is 147 cm³/mol. The SMILES string of the molecule is O=C(c1cc(C(F)(F)F)cc(C(F)(F)F)c1)N1CCN(CCCCc2ccccn2)C[C@H]1Cc1c[nH]c2ccccc12. The number of amides is 1. The molecule has 0 spiro atoms. The van der Waals surface area contributed by atoms with Crippen molar-refractivity contribution in [2.75, 3.05) is 26.2 Å². The number of unbranched alkanes of at least 4 members (excludes halogenated alkanes) is 1. The Bertz CT molecular complexity index is 1480. The molecule has 1 atom stereocenters. The molecule has 1 fully saturated rings. The fraction of sp³-hybridized carbons (Fsp3) is 0.355. The zero-order valence-corrected chi connectivity index (χ0v) is 22.7. The Kier molecular flexibility index (Phi) is 8.58. The van der Waals surface area contributed by atoms with E-state index in [2.05, 4.69) is 14.9 Å². The molecule has 1 aliphatic heterocycles. The van der Waals surface area contributed by atoms with E-state index < -0.39 is 41.0 Å². The first-order valence-corrected chi connectivity index (χ1v) is 13.8. The normalized spacial score (nSPS) is 16.7. The molecule has 0 saturated carbocycles. The highest BCUT2D eigenvalue weighted by Gasteiger charge is 2.39. The molecule has 11 heteroatoms. The van der Waals surface area contributed by atoms with Gasteiger partial charge in [0.1, 0.15) is 0 Å². The Morgan fingerprint density at radius 3 is 2.31 bits per heavy atom. The summed E-state index contributed by atoms with van der Waals surface area (Å²) in [6.07, 6.45) is -3.46. The van der Waals surface area contributed by atoms with Crippen molar-refractivity contribution in [3.8, 4) is 0 Å². The summed E-state index contributed by atoms with van der Waals surface area (Å²) < 4.78 is 81.1. The highest BCUT2D eigenvalue weighted by Crippen LogP contribution is 2.37. The van der Waals surface area contributed by atoms with Gasteiger partial charge in [0.05, 0.1) is 11.1 Å². The van der Waals surface area contributed by atoms with Gasteiger partial charge in [-0.1, -0.05) is 24.3 Å². The number of pyridine rings is 1. The standard InChI is InChI=1S/C31H30F6N4O/c32-30(33,34)23-15-21(16-24(18-23)31(35,36)37)29(42)41-14-13-40(12-6-4-8-25-7-3-5-11-38-25)20-26(41)17-22-19-39-28-10-2-1-9-27(22)28/h1-3,5,7,9-11,15-16,18-19,26,39H,4,6,8,12-14,17,20H2/t26-/m1/s1. The monoisotopic (exact) mass is 588 g/mol. The van der Waals surface area contributed by atoms with Crippen molar-refractivity contribution >= 4 is 16.8 Å². The molecule has 222 valence electrons. The second kappa shape index (κ2) is 12.2. The van der Waals surface area contributed by atoms with Crippen molar-refractivity contribution in [1.82, 2.24) is 19.8 Å². The van der Waals surface area contributed by atoms with Gasteiger partial charge < -0.3 is 9.88 Å². The molecule has 0 unspecified atom stereocenters. The summed E-state index contributed by atoms with van der Waals surface area (Å²) in [6.45, 7) is 1.84. The van der Waals surface area contributed by atoms with E-state index >= 15 is 0 Å². The van der Waals surface area contributed by atoms with Crippen LogP contribution in [-0.4, -0.2) is 57.9 Å². The van der Waals surface area contributed by atoms with Gasteiger partial charge in [0, 0.05) is 60.2 Å². The van der Waals surface area contributed by atoms with Crippen LogP contribution in [-0.2, 0) is 25.2 Å². The number of nitrogens with zero attached hydrogens (tertiary/aromatic N) is 3. The second-order valence-electron chi connectivity index (χ2n) is 10.6. The van der Waals surface area contributed by atoms with Crippen LogP contribution in [0.5, 0.6) is 0 Å². The number of alkyl halides is 6. The maximum absolute atomic E-state index is 13.6. The third kappa shape index (κ3) is 6.95. The summed E-state index contributed by atoms with van der Waals surface area (Å²) in [4.78, 5) is 24.8. The maximum atomic E-state index is 13.6. The lowest BCUT2D eigenvalue weighted by Gasteiger charge is -2.42. The van der Waals surface area contributed by atoms with Crippen LogP contribution in [0.25, 0.3) is 10.9 Å². The Morgan fingerprint density at radius 1 is 0.905 bits per heavy atom. The largest absolute Gasteiger partial charge is 0.416 e. The number of para-hydroxylation sites is 1. The van der Waals surface area contributed by atoms with Crippen molar-refractivity contribution < 1.29 is 31.1 Å². The van der Waals surface area contributed by atoms with E-state index in [-0.39, 0.29) is 12.6 Å². The molecule has 0 radical (unpaired) electrons. The third-order valence-corrected chi connectivity index (χ3v) is 7.68. The summed E-state index contributed by atoms with van der Waals surface area (Å²) in [5.41, 5.74) is -0.791. The van der Waals surface area contributed by atoms with E-state index in [9.17, 15) is 31.1 Å². The van der Waals surface area contributed by atoms with Crippen LogP contribution in [0.2, 0.25) is 0 Å². The van der Waals surface area contributed by atoms with Crippen LogP contribution in [0.1, 0.15) is 45.6 Å². The molecular weight excluding hydrogens is 558 g/mol. The number of aryl methyl sites for hydroxylation is 1. The third-order valence-electron chi connectivity index (χ3n) is 7.68. The summed E-state index contributed by atoms with van der Waals surface area (Å²) in [5, 5.41) is 0.954. The van der Waals surface area contributed by atoms with E-state index in [4.69, 9.17) is 0 Å². The van der Waals surface area contributed by atoms with Crippen LogP contribution >= 0.6 is 0 Å². The molecule has 2 aromatic heterocycles. The van der Waals surface area contributed by atoms with Crippen molar-refractivity contribution in [3.63, 3.8) is 0 Å². The number of benzene rings is 2. The van der Waals surface area contributed by atoms with Gasteiger partial charge in [-0.2, -0.15) is 26.3 Å². The predicted octanol–water partition coefficient (Wildman–Crippen LogP) is 6.99. The number of carbonyl (C=O) groups excluding carboxylic acids is 1. The van der Waals surface area contributed by atoms with E-state index in [0.717, 1.165) is 48.0 Å². The molecule has 0 aliphatic carbocycles. The van der Waals surface area contributed by atoms with Gasteiger partial charge in [-0.3, -0.25) is 14.7 Å². The van der Waals surface area contributed by atoms with Crippen molar-refractivity contribution in [2.24, 2.45) is 0 Å². The lowest BCUT2D eigenvalue weighted by Crippen LogP contribution is -2.56. The molecule has 5 nitrogen and oxygen atoms in total. The van der Waals surface area contributed by atoms with Crippen LogP contribution in [0.3, 0.4) is 0 Å². The van der Waals surface area contributed by atoms with E-state index in [1.807, 2.05) is 48.7 Å². The quantitative estimate of drug-likeness (QED) is 0.178. The average Bonchev–Trinajstić information content (AvgIpc) is 3.37. The van der Waals surface area contributed by atoms with Gasteiger partial charge in [-0.05, 0) is 74.2 Å². The van der Waals surface area contributed by atoms with Gasteiger partial charge in [0.2, 0.25) is 0 Å². The van der Waals surface area contributed by atoms with Crippen LogP contribution in [0.4, 0.5) is 26.3 Å². The maximum Gasteiger partial charge on any atom is 0.416 e. The second-order valence-corrected chi connectivity index (χ2v) is 10.6. The van der Waals surface area contributed by atoms with Crippen LogP contribution < -0.4 is 0 Å². The number of hydrogen-bond donors (Lipinski definition) is 1. The van der Waals surface area contributed by atoms with Gasteiger partial charge in [-0.15, -0.1) is 0 Å². The number of fused-ring (bicyclic) bond motifs is 1.